The molecule has 0 unspecified atom stereocenters. The van der Waals surface area contributed by atoms with Gasteiger partial charge in [-0.15, -0.1) is 0 Å². The summed E-state index contributed by atoms with van der Waals surface area (Å²) >= 11 is 0. The topological polar surface area (TPSA) is 37.3 Å². The minimum absolute atomic E-state index is 0.327. The Bertz CT molecular complexity index is 470. The lowest BCUT2D eigenvalue weighted by molar-refractivity contribution is -0.137. The van der Waals surface area contributed by atoms with E-state index in [1.54, 1.807) is 5.30 Å². The molecule has 0 aliphatic rings. The molecule has 1 rings (SSSR count). The van der Waals surface area contributed by atoms with Gasteiger partial charge in [0.2, 0.25) is 0 Å². The van der Waals surface area contributed by atoms with Crippen LogP contribution in [0.5, 0.6) is 0 Å². The Labute approximate surface area is 162 Å². The lowest BCUT2D eigenvalue weighted by atomic mass is 10.1. The molecule has 0 aromatic carbocycles. The molecule has 0 saturated heterocycles. The van der Waals surface area contributed by atoms with Crippen molar-refractivity contribution in [1.29, 1.82) is 0 Å². The highest BCUT2D eigenvalue weighted by Gasteiger charge is 1.96. The van der Waals surface area contributed by atoms with Crippen molar-refractivity contribution < 1.29 is 9.90 Å². The van der Waals surface area contributed by atoms with Gasteiger partial charge in [-0.05, 0) is 56.0 Å². The van der Waals surface area contributed by atoms with Crippen molar-refractivity contribution in [3.8, 4) is 0 Å². The maximum absolute atomic E-state index is 10.4. The Hall–Kier alpha value is -1.14. The third-order valence-corrected chi connectivity index (χ3v) is 5.73. The highest BCUT2D eigenvalue weighted by molar-refractivity contribution is 7.29. The molecule has 1 aromatic heterocycles. The summed E-state index contributed by atoms with van der Waals surface area (Å²) in [6, 6.07) is 6.56. The van der Waals surface area contributed by atoms with Crippen LogP contribution in [-0.2, 0) is 11.2 Å². The number of rotatable bonds is 17. The Balaban J connectivity index is 1.76. The van der Waals surface area contributed by atoms with Crippen molar-refractivity contribution in [3.05, 3.63) is 41.4 Å². The number of aryl methyl sites for hydroxylation is 1. The fraction of sp³-hybridized carbons (Fsp3) is 0.652. The molecule has 0 amide bonds. The second-order valence-electron chi connectivity index (χ2n) is 7.15. The lowest BCUT2D eigenvalue weighted by Crippen LogP contribution is -1.93. The fourth-order valence-corrected chi connectivity index (χ4v) is 3.96. The molecule has 146 valence electrons. The lowest BCUT2D eigenvalue weighted by Gasteiger charge is -2.01. The van der Waals surface area contributed by atoms with Crippen molar-refractivity contribution >= 4 is 14.2 Å². The van der Waals surface area contributed by atoms with Crippen LogP contribution in [0.4, 0.5) is 0 Å². The number of carbonyl (C=O) groups is 1. The quantitative estimate of drug-likeness (QED) is 0.221. The van der Waals surface area contributed by atoms with Gasteiger partial charge in [-0.3, -0.25) is 4.79 Å². The third-order valence-electron chi connectivity index (χ3n) is 4.71. The van der Waals surface area contributed by atoms with Crippen LogP contribution in [0, 0.1) is 0 Å². The largest absolute Gasteiger partial charge is 0.481 e. The highest BCUT2D eigenvalue weighted by atomic mass is 31.0. The van der Waals surface area contributed by atoms with Crippen molar-refractivity contribution in [1.82, 2.24) is 0 Å². The molecule has 0 spiro atoms. The van der Waals surface area contributed by atoms with Crippen LogP contribution in [0.2, 0.25) is 0 Å². The summed E-state index contributed by atoms with van der Waals surface area (Å²) in [6.45, 7) is 0. The van der Waals surface area contributed by atoms with Gasteiger partial charge in [0, 0.05) is 6.42 Å². The molecule has 0 radical (unpaired) electrons. The second kappa shape index (κ2) is 17.3. The molecule has 0 bridgehead atoms. The maximum atomic E-state index is 10.4. The van der Waals surface area contributed by atoms with Crippen molar-refractivity contribution in [2.75, 3.05) is 0 Å². The third kappa shape index (κ3) is 15.1. The first-order chi connectivity index (χ1) is 12.8. The number of allylic oxidation sites excluding steroid dienone is 2. The van der Waals surface area contributed by atoms with Gasteiger partial charge in [0.1, 0.15) is 0 Å². The molecule has 0 fully saturated rings. The van der Waals surface area contributed by atoms with Gasteiger partial charge in [-0.1, -0.05) is 83.5 Å². The fourth-order valence-electron chi connectivity index (χ4n) is 3.13. The predicted molar refractivity (Wildman–Crippen MR) is 114 cm³/mol. The van der Waals surface area contributed by atoms with Crippen molar-refractivity contribution in [2.24, 2.45) is 0 Å². The molecule has 0 aliphatic carbocycles. The van der Waals surface area contributed by atoms with Crippen LogP contribution in [-0.4, -0.2) is 11.1 Å². The van der Waals surface area contributed by atoms with Gasteiger partial charge < -0.3 is 5.11 Å². The summed E-state index contributed by atoms with van der Waals surface area (Å²) in [7, 11) is 1.40. The SMILES string of the molecule is O=C(O)CCCCCCC/C=C\CCCCCCCCc1ccccp1. The predicted octanol–water partition coefficient (Wildman–Crippen LogP) is 7.91. The Morgan fingerprint density at radius 2 is 1.38 bits per heavy atom. The van der Waals surface area contributed by atoms with Gasteiger partial charge in [0.05, 0.1) is 0 Å². The van der Waals surface area contributed by atoms with E-state index < -0.39 is 5.97 Å². The molecular formula is C23H37O2P. The molecule has 1 aromatic rings. The van der Waals surface area contributed by atoms with Gasteiger partial charge in [0.25, 0.3) is 0 Å². The normalized spacial score (nSPS) is 11.5. The van der Waals surface area contributed by atoms with E-state index in [9.17, 15) is 4.79 Å². The zero-order valence-corrected chi connectivity index (χ0v) is 17.3. The molecule has 1 heterocycles. The zero-order chi connectivity index (χ0) is 18.7. The highest BCUT2D eigenvalue weighted by Crippen LogP contribution is 2.17. The number of hydrogen-bond acceptors (Lipinski definition) is 1. The summed E-state index contributed by atoms with van der Waals surface area (Å²) in [5, 5.41) is 10.1. The first-order valence-corrected chi connectivity index (χ1v) is 11.5. The summed E-state index contributed by atoms with van der Waals surface area (Å²) in [5.41, 5.74) is 0. The van der Waals surface area contributed by atoms with Crippen LogP contribution in [0.15, 0.2) is 36.1 Å². The van der Waals surface area contributed by atoms with Crippen molar-refractivity contribution in [2.45, 2.75) is 96.3 Å². The standard InChI is InChI=1S/C23H37O2P/c24-23(25)20-15-13-11-9-7-5-3-1-2-4-6-8-10-12-14-18-22-19-16-17-21-26-22/h1,3,16-17,19,21H,2,4-15,18,20H2,(H,24,25)/b3-1-. The molecular weight excluding hydrogens is 339 g/mol. The number of carboxylic acids is 1. The Kier molecular flexibility index (Phi) is 15.2. The molecule has 0 saturated carbocycles. The summed E-state index contributed by atoms with van der Waals surface area (Å²) < 4.78 is 0. The zero-order valence-electron chi connectivity index (χ0n) is 16.4. The molecule has 0 atom stereocenters. The summed E-state index contributed by atoms with van der Waals surface area (Å²) in [4.78, 5) is 10.4. The molecule has 26 heavy (non-hydrogen) atoms. The van der Waals surface area contributed by atoms with Crippen LogP contribution in [0.3, 0.4) is 0 Å². The maximum Gasteiger partial charge on any atom is 0.303 e. The second-order valence-corrected chi connectivity index (χ2v) is 8.28. The minimum atomic E-state index is -0.666. The number of carboxylic acid groups (broad SMARTS) is 1. The van der Waals surface area contributed by atoms with E-state index in [0.717, 1.165) is 12.8 Å². The first-order valence-electron chi connectivity index (χ1n) is 10.6. The van der Waals surface area contributed by atoms with Crippen LogP contribution >= 0.6 is 8.19 Å². The first kappa shape index (κ1) is 22.9. The molecule has 1 N–H and O–H groups in total. The van der Waals surface area contributed by atoms with Gasteiger partial charge in [0.15, 0.2) is 0 Å². The van der Waals surface area contributed by atoms with E-state index in [0.29, 0.717) is 6.42 Å². The van der Waals surface area contributed by atoms with E-state index in [1.807, 2.05) is 0 Å². The van der Waals surface area contributed by atoms with Gasteiger partial charge >= 0.3 is 5.97 Å². The van der Waals surface area contributed by atoms with Gasteiger partial charge in [-0.2, -0.15) is 0 Å². The van der Waals surface area contributed by atoms with Crippen LogP contribution < -0.4 is 0 Å². The Morgan fingerprint density at radius 1 is 0.808 bits per heavy atom. The van der Waals surface area contributed by atoms with Crippen LogP contribution in [0.25, 0.3) is 0 Å². The molecule has 2 nitrogen and oxygen atoms in total. The number of aliphatic carboxylic acids is 1. The van der Waals surface area contributed by atoms with E-state index >= 15 is 0 Å². The molecule has 0 aliphatic heterocycles. The minimum Gasteiger partial charge on any atom is -0.481 e. The van der Waals surface area contributed by atoms with E-state index in [-0.39, 0.29) is 0 Å². The number of hydrogen-bond donors (Lipinski definition) is 1. The summed E-state index contributed by atoms with van der Waals surface area (Å²) in [6.07, 6.45) is 22.4. The van der Waals surface area contributed by atoms with E-state index in [4.69, 9.17) is 5.11 Å². The van der Waals surface area contributed by atoms with E-state index in [2.05, 4.69) is 36.1 Å². The monoisotopic (exact) mass is 376 g/mol. The average Bonchev–Trinajstić information content (AvgIpc) is 2.65. The Morgan fingerprint density at radius 3 is 1.96 bits per heavy atom. The van der Waals surface area contributed by atoms with Crippen LogP contribution in [0.1, 0.15) is 95.2 Å². The molecule has 3 heteroatoms. The van der Waals surface area contributed by atoms with Crippen molar-refractivity contribution in [3.63, 3.8) is 0 Å². The summed E-state index contributed by atoms with van der Waals surface area (Å²) in [5.74, 6) is 1.56. The number of unbranched alkanes of at least 4 members (excludes halogenated alkanes) is 11. The average molecular weight is 377 g/mol. The smallest absolute Gasteiger partial charge is 0.303 e. The van der Waals surface area contributed by atoms with Gasteiger partial charge in [-0.25, -0.2) is 0 Å². The van der Waals surface area contributed by atoms with E-state index in [1.165, 1.54) is 85.2 Å².